The molecule has 0 aliphatic carbocycles. The summed E-state index contributed by atoms with van der Waals surface area (Å²) < 4.78 is 5.37. The summed E-state index contributed by atoms with van der Waals surface area (Å²) in [6.07, 6.45) is 0.363. The number of aromatic nitrogens is 2. The summed E-state index contributed by atoms with van der Waals surface area (Å²) in [6, 6.07) is -0.553. The lowest BCUT2D eigenvalue weighted by Crippen LogP contribution is -2.46. The third kappa shape index (κ3) is 5.34. The van der Waals surface area contributed by atoms with Gasteiger partial charge in [-0.25, -0.2) is 4.79 Å². The van der Waals surface area contributed by atoms with Crippen LogP contribution < -0.4 is 5.32 Å². The van der Waals surface area contributed by atoms with Crippen LogP contribution in [-0.4, -0.2) is 50.4 Å². The Balaban J connectivity index is 1.98. The third-order valence-electron chi connectivity index (χ3n) is 3.09. The van der Waals surface area contributed by atoms with Crippen molar-refractivity contribution in [3.63, 3.8) is 0 Å². The highest BCUT2D eigenvalue weighted by Crippen LogP contribution is 2.25. The molecule has 1 aromatic rings. The Morgan fingerprint density at radius 3 is 2.71 bits per heavy atom. The number of hydrogen-bond acceptors (Lipinski definition) is 7. The SMILES string of the molecule is CC(C)Cc1nnc(NC(=O)[C@H]2CSCN2C(=O)OC(C)(C)C)s1. The average molecular weight is 373 g/mol. The van der Waals surface area contributed by atoms with E-state index in [-0.39, 0.29) is 5.91 Å². The molecule has 1 aliphatic heterocycles. The van der Waals surface area contributed by atoms with Crippen molar-refractivity contribution >= 4 is 40.2 Å². The Labute approximate surface area is 150 Å². The molecule has 1 N–H and O–H groups in total. The second-order valence-electron chi connectivity index (χ2n) is 7.05. The van der Waals surface area contributed by atoms with E-state index in [2.05, 4.69) is 29.4 Å². The van der Waals surface area contributed by atoms with E-state index < -0.39 is 17.7 Å². The van der Waals surface area contributed by atoms with Gasteiger partial charge in [0.05, 0.1) is 5.88 Å². The fraction of sp³-hybridized carbons (Fsp3) is 0.733. The van der Waals surface area contributed by atoms with Crippen LogP contribution in [0.15, 0.2) is 0 Å². The molecular weight excluding hydrogens is 348 g/mol. The summed E-state index contributed by atoms with van der Waals surface area (Å²) in [5.74, 6) is 1.22. The Morgan fingerprint density at radius 2 is 2.08 bits per heavy atom. The normalized spacial score (nSPS) is 18.1. The van der Waals surface area contributed by atoms with E-state index in [1.54, 1.807) is 20.8 Å². The maximum absolute atomic E-state index is 12.5. The predicted molar refractivity (Wildman–Crippen MR) is 96.3 cm³/mol. The first-order valence-corrected chi connectivity index (χ1v) is 9.83. The van der Waals surface area contributed by atoms with Crippen molar-refractivity contribution in [2.24, 2.45) is 5.92 Å². The number of carbonyl (C=O) groups excluding carboxylic acids is 2. The number of rotatable bonds is 4. The third-order valence-corrected chi connectivity index (χ3v) is 4.97. The summed E-state index contributed by atoms with van der Waals surface area (Å²) >= 11 is 2.90. The fourth-order valence-corrected chi connectivity index (χ4v) is 4.18. The van der Waals surface area contributed by atoms with Gasteiger partial charge < -0.3 is 4.74 Å². The van der Waals surface area contributed by atoms with Crippen LogP contribution in [0.3, 0.4) is 0 Å². The maximum Gasteiger partial charge on any atom is 0.411 e. The van der Waals surface area contributed by atoms with Crippen LogP contribution in [0.25, 0.3) is 0 Å². The summed E-state index contributed by atoms with van der Waals surface area (Å²) in [4.78, 5) is 26.2. The molecule has 1 saturated heterocycles. The van der Waals surface area contributed by atoms with Gasteiger partial charge in [-0.2, -0.15) is 0 Å². The molecule has 1 aliphatic rings. The van der Waals surface area contributed by atoms with Crippen LogP contribution in [0.4, 0.5) is 9.93 Å². The highest BCUT2D eigenvalue weighted by atomic mass is 32.2. The first-order chi connectivity index (χ1) is 11.2. The Kier molecular flexibility index (Phi) is 6.08. The maximum atomic E-state index is 12.5. The van der Waals surface area contributed by atoms with E-state index >= 15 is 0 Å². The molecule has 2 amide bonds. The van der Waals surface area contributed by atoms with Crippen molar-refractivity contribution < 1.29 is 14.3 Å². The van der Waals surface area contributed by atoms with Crippen LogP contribution in [0.2, 0.25) is 0 Å². The molecular formula is C15H24N4O3S2. The number of nitrogens with one attached hydrogen (secondary N) is 1. The standard InChI is InChI=1S/C15H24N4O3S2/c1-9(2)6-11-17-18-13(24-11)16-12(20)10-7-23-8-19(10)14(21)22-15(3,4)5/h9-10H,6-8H2,1-5H3,(H,16,18,20)/t10-/m1/s1. The van der Waals surface area contributed by atoms with Crippen LogP contribution in [0.5, 0.6) is 0 Å². The van der Waals surface area contributed by atoms with Gasteiger partial charge >= 0.3 is 6.09 Å². The smallest absolute Gasteiger partial charge is 0.411 e. The van der Waals surface area contributed by atoms with Crippen molar-refractivity contribution in [1.82, 2.24) is 15.1 Å². The average Bonchev–Trinajstić information content (AvgIpc) is 3.05. The lowest BCUT2D eigenvalue weighted by atomic mass is 10.1. The summed E-state index contributed by atoms with van der Waals surface area (Å²) in [5, 5.41) is 12.2. The van der Waals surface area contributed by atoms with Gasteiger partial charge in [-0.05, 0) is 26.7 Å². The topological polar surface area (TPSA) is 84.4 Å². The molecule has 2 rings (SSSR count). The molecule has 9 heteroatoms. The molecule has 0 saturated carbocycles. The predicted octanol–water partition coefficient (Wildman–Crippen LogP) is 2.99. The number of nitrogens with zero attached hydrogens (tertiary/aromatic N) is 3. The summed E-state index contributed by atoms with van der Waals surface area (Å²) in [5.41, 5.74) is -0.587. The van der Waals surface area contributed by atoms with Gasteiger partial charge in [-0.3, -0.25) is 15.0 Å². The Hall–Kier alpha value is -1.35. The minimum Gasteiger partial charge on any atom is -0.444 e. The first kappa shape index (κ1) is 19.0. The van der Waals surface area contributed by atoms with Gasteiger partial charge in [0.25, 0.3) is 0 Å². The molecule has 134 valence electrons. The summed E-state index contributed by atoms with van der Waals surface area (Å²) in [7, 11) is 0. The van der Waals surface area contributed by atoms with Crippen molar-refractivity contribution in [2.75, 3.05) is 16.9 Å². The monoisotopic (exact) mass is 372 g/mol. The molecule has 0 bridgehead atoms. The molecule has 24 heavy (non-hydrogen) atoms. The first-order valence-electron chi connectivity index (χ1n) is 7.86. The lowest BCUT2D eigenvalue weighted by Gasteiger charge is -2.27. The quantitative estimate of drug-likeness (QED) is 0.875. The van der Waals surface area contributed by atoms with Crippen molar-refractivity contribution in [1.29, 1.82) is 0 Å². The highest BCUT2D eigenvalue weighted by molar-refractivity contribution is 7.99. The van der Waals surface area contributed by atoms with E-state index in [0.29, 0.717) is 22.7 Å². The summed E-state index contributed by atoms with van der Waals surface area (Å²) in [6.45, 7) is 9.63. The van der Waals surface area contributed by atoms with Gasteiger partial charge in [0, 0.05) is 12.2 Å². The van der Waals surface area contributed by atoms with Crippen LogP contribution >= 0.6 is 23.1 Å². The second kappa shape index (κ2) is 7.69. The zero-order valence-electron chi connectivity index (χ0n) is 14.7. The fourth-order valence-electron chi connectivity index (χ4n) is 2.08. The number of hydrogen-bond donors (Lipinski definition) is 1. The Morgan fingerprint density at radius 1 is 1.38 bits per heavy atom. The molecule has 2 heterocycles. The van der Waals surface area contributed by atoms with Crippen molar-refractivity contribution in [3.8, 4) is 0 Å². The van der Waals surface area contributed by atoms with Crippen LogP contribution in [-0.2, 0) is 16.0 Å². The molecule has 1 fully saturated rings. The van der Waals surface area contributed by atoms with Gasteiger partial charge in [0.1, 0.15) is 16.7 Å². The molecule has 0 aromatic carbocycles. The molecule has 0 radical (unpaired) electrons. The van der Waals surface area contributed by atoms with Crippen LogP contribution in [0, 0.1) is 5.92 Å². The molecule has 0 unspecified atom stereocenters. The van der Waals surface area contributed by atoms with Gasteiger partial charge in [-0.1, -0.05) is 25.2 Å². The van der Waals surface area contributed by atoms with E-state index in [1.165, 1.54) is 28.0 Å². The van der Waals surface area contributed by atoms with E-state index in [0.717, 1.165) is 11.4 Å². The molecule has 0 spiro atoms. The van der Waals surface area contributed by atoms with E-state index in [4.69, 9.17) is 4.74 Å². The molecule has 1 aromatic heterocycles. The number of anilines is 1. The zero-order chi connectivity index (χ0) is 17.9. The number of amides is 2. The van der Waals surface area contributed by atoms with E-state index in [1.807, 2.05) is 0 Å². The largest absolute Gasteiger partial charge is 0.444 e. The van der Waals surface area contributed by atoms with Crippen molar-refractivity contribution in [2.45, 2.75) is 52.7 Å². The van der Waals surface area contributed by atoms with Gasteiger partial charge in [0.15, 0.2) is 0 Å². The zero-order valence-corrected chi connectivity index (χ0v) is 16.3. The molecule has 7 nitrogen and oxygen atoms in total. The number of ether oxygens (including phenoxy) is 1. The van der Waals surface area contributed by atoms with Gasteiger partial charge in [-0.15, -0.1) is 22.0 Å². The van der Waals surface area contributed by atoms with Gasteiger partial charge in [0.2, 0.25) is 11.0 Å². The van der Waals surface area contributed by atoms with Crippen LogP contribution in [0.1, 0.15) is 39.6 Å². The van der Waals surface area contributed by atoms with Crippen molar-refractivity contribution in [3.05, 3.63) is 5.01 Å². The van der Waals surface area contributed by atoms with E-state index in [9.17, 15) is 9.59 Å². The highest BCUT2D eigenvalue weighted by Gasteiger charge is 2.37. The minimum atomic E-state index is -0.587. The Bertz CT molecular complexity index is 598. The second-order valence-corrected chi connectivity index (χ2v) is 9.12. The lowest BCUT2D eigenvalue weighted by molar-refractivity contribution is -0.120. The number of carbonyl (C=O) groups is 2. The number of thioether (sulfide) groups is 1. The molecule has 1 atom stereocenters. The minimum absolute atomic E-state index is 0.252.